The smallest absolute Gasteiger partial charge is 0.259 e. The van der Waals surface area contributed by atoms with Crippen molar-refractivity contribution in [3.8, 4) is 0 Å². The van der Waals surface area contributed by atoms with Gasteiger partial charge < -0.3 is 14.0 Å². The maximum Gasteiger partial charge on any atom is 0.259 e. The molecule has 0 atom stereocenters. The number of nitrogens with zero attached hydrogens (tertiary/aromatic N) is 5. The first-order valence-electron chi connectivity index (χ1n) is 9.23. The van der Waals surface area contributed by atoms with Crippen LogP contribution in [-0.4, -0.2) is 43.8 Å². The van der Waals surface area contributed by atoms with Crippen LogP contribution in [0.15, 0.2) is 10.8 Å². The second kappa shape index (κ2) is 6.28. The van der Waals surface area contributed by atoms with Gasteiger partial charge in [0.1, 0.15) is 23.5 Å². The highest BCUT2D eigenvalue weighted by molar-refractivity contribution is 5.94. The van der Waals surface area contributed by atoms with Crippen LogP contribution in [0, 0.1) is 12.3 Å². The van der Waals surface area contributed by atoms with Crippen LogP contribution >= 0.6 is 0 Å². The predicted octanol–water partition coefficient (Wildman–Crippen LogP) is 2.40. The Bertz CT molecular complexity index is 770. The van der Waals surface area contributed by atoms with Gasteiger partial charge in [0.05, 0.1) is 5.69 Å². The lowest BCUT2D eigenvalue weighted by Crippen LogP contribution is -2.43. The molecule has 4 heterocycles. The number of rotatable bonds is 2. The fourth-order valence-corrected chi connectivity index (χ4v) is 4.28. The van der Waals surface area contributed by atoms with Crippen molar-refractivity contribution in [1.82, 2.24) is 24.8 Å². The molecule has 0 bridgehead atoms. The van der Waals surface area contributed by atoms with Crippen LogP contribution in [0.25, 0.3) is 0 Å². The second-order valence-electron chi connectivity index (χ2n) is 7.39. The Morgan fingerprint density at radius 3 is 2.64 bits per heavy atom. The van der Waals surface area contributed by atoms with Gasteiger partial charge in [-0.3, -0.25) is 4.79 Å². The molecule has 1 saturated heterocycles. The lowest BCUT2D eigenvalue weighted by Gasteiger charge is -2.41. The van der Waals surface area contributed by atoms with E-state index in [1.165, 1.54) is 6.26 Å². The van der Waals surface area contributed by atoms with Crippen LogP contribution in [0.1, 0.15) is 60.3 Å². The zero-order chi connectivity index (χ0) is 17.4. The standard InChI is InChI=1S/C18H25N5O2/c1-3-15-19-20-16-4-5-18(8-11-23(15)16)6-9-22(10-7-18)17(24)14-12-25-21-13(14)2/h12H,3-11H2,1-2H3. The molecule has 0 aromatic carbocycles. The molecule has 0 saturated carbocycles. The topological polar surface area (TPSA) is 77.0 Å². The number of carbonyl (C=O) groups is 1. The normalized spacial score (nSPS) is 19.7. The summed E-state index contributed by atoms with van der Waals surface area (Å²) in [4.78, 5) is 14.6. The number of piperidine rings is 1. The van der Waals surface area contributed by atoms with Gasteiger partial charge in [-0.1, -0.05) is 12.1 Å². The van der Waals surface area contributed by atoms with Crippen molar-refractivity contribution in [2.45, 2.75) is 58.9 Å². The minimum absolute atomic E-state index is 0.0487. The zero-order valence-electron chi connectivity index (χ0n) is 15.0. The van der Waals surface area contributed by atoms with E-state index in [2.05, 4.69) is 26.8 Å². The monoisotopic (exact) mass is 343 g/mol. The summed E-state index contributed by atoms with van der Waals surface area (Å²) in [6.07, 6.45) is 7.80. The van der Waals surface area contributed by atoms with Gasteiger partial charge in [-0.2, -0.15) is 0 Å². The fourth-order valence-electron chi connectivity index (χ4n) is 4.28. The molecule has 2 aliphatic heterocycles. The van der Waals surface area contributed by atoms with E-state index in [0.717, 1.165) is 69.8 Å². The number of hydrogen-bond donors (Lipinski definition) is 0. The molecule has 0 radical (unpaired) electrons. The fraction of sp³-hybridized carbons (Fsp3) is 0.667. The van der Waals surface area contributed by atoms with Crippen LogP contribution < -0.4 is 0 Å². The molecule has 0 N–H and O–H groups in total. The Morgan fingerprint density at radius 2 is 1.96 bits per heavy atom. The van der Waals surface area contributed by atoms with Crippen LogP contribution in [0.3, 0.4) is 0 Å². The van der Waals surface area contributed by atoms with Gasteiger partial charge in [-0.15, -0.1) is 10.2 Å². The summed E-state index contributed by atoms with van der Waals surface area (Å²) >= 11 is 0. The minimum atomic E-state index is 0.0487. The van der Waals surface area contributed by atoms with E-state index in [9.17, 15) is 4.79 Å². The van der Waals surface area contributed by atoms with Crippen LogP contribution in [0.2, 0.25) is 0 Å². The lowest BCUT2D eigenvalue weighted by molar-refractivity contribution is 0.0534. The average molecular weight is 343 g/mol. The lowest BCUT2D eigenvalue weighted by atomic mass is 9.72. The molecule has 2 aromatic heterocycles. The molecule has 2 aromatic rings. The molecule has 25 heavy (non-hydrogen) atoms. The minimum Gasteiger partial charge on any atom is -0.364 e. The van der Waals surface area contributed by atoms with E-state index in [1.807, 2.05) is 11.8 Å². The summed E-state index contributed by atoms with van der Waals surface area (Å²) in [7, 11) is 0. The van der Waals surface area contributed by atoms with Crippen molar-refractivity contribution in [2.24, 2.45) is 5.41 Å². The largest absolute Gasteiger partial charge is 0.364 e. The molecule has 7 heteroatoms. The Labute approximate surface area is 147 Å². The summed E-state index contributed by atoms with van der Waals surface area (Å²) in [5.74, 6) is 2.28. The summed E-state index contributed by atoms with van der Waals surface area (Å²) in [5, 5.41) is 12.5. The van der Waals surface area contributed by atoms with E-state index in [1.54, 1.807) is 0 Å². The van der Waals surface area contributed by atoms with Crippen molar-refractivity contribution < 1.29 is 9.32 Å². The van der Waals surface area contributed by atoms with E-state index >= 15 is 0 Å². The number of aryl methyl sites for hydroxylation is 3. The molecule has 1 fully saturated rings. The van der Waals surface area contributed by atoms with Crippen molar-refractivity contribution in [1.29, 1.82) is 0 Å². The van der Waals surface area contributed by atoms with Gasteiger partial charge >= 0.3 is 0 Å². The Balaban J connectivity index is 1.42. The van der Waals surface area contributed by atoms with Gasteiger partial charge in [0, 0.05) is 32.5 Å². The van der Waals surface area contributed by atoms with Gasteiger partial charge in [0.2, 0.25) is 0 Å². The summed E-state index contributed by atoms with van der Waals surface area (Å²) in [6, 6.07) is 0. The summed E-state index contributed by atoms with van der Waals surface area (Å²) in [5.41, 5.74) is 1.59. The van der Waals surface area contributed by atoms with Crippen molar-refractivity contribution in [3.63, 3.8) is 0 Å². The molecule has 1 amide bonds. The van der Waals surface area contributed by atoms with E-state index < -0.39 is 0 Å². The highest BCUT2D eigenvalue weighted by Crippen LogP contribution is 2.42. The Hall–Kier alpha value is -2.18. The number of likely N-dealkylation sites (tertiary alicyclic amines) is 1. The van der Waals surface area contributed by atoms with Crippen molar-refractivity contribution >= 4 is 5.91 Å². The molecule has 4 rings (SSSR count). The Kier molecular flexibility index (Phi) is 4.09. The highest BCUT2D eigenvalue weighted by atomic mass is 16.5. The third-order valence-electron chi connectivity index (χ3n) is 6.06. The number of aromatic nitrogens is 4. The van der Waals surface area contributed by atoms with Gasteiger partial charge in [0.15, 0.2) is 0 Å². The third kappa shape index (κ3) is 2.85. The molecule has 134 valence electrons. The highest BCUT2D eigenvalue weighted by Gasteiger charge is 2.38. The molecular weight excluding hydrogens is 318 g/mol. The summed E-state index contributed by atoms with van der Waals surface area (Å²) < 4.78 is 7.23. The molecule has 7 nitrogen and oxygen atoms in total. The zero-order valence-corrected chi connectivity index (χ0v) is 15.0. The van der Waals surface area contributed by atoms with Crippen molar-refractivity contribution in [2.75, 3.05) is 13.1 Å². The molecule has 0 unspecified atom stereocenters. The van der Waals surface area contributed by atoms with E-state index in [0.29, 0.717) is 16.7 Å². The van der Waals surface area contributed by atoms with Gasteiger partial charge in [-0.25, -0.2) is 0 Å². The maximum atomic E-state index is 12.6. The van der Waals surface area contributed by atoms with Gasteiger partial charge in [0.25, 0.3) is 5.91 Å². The molecule has 0 aliphatic carbocycles. The third-order valence-corrected chi connectivity index (χ3v) is 6.06. The number of carbonyl (C=O) groups excluding carboxylic acids is 1. The Morgan fingerprint density at radius 1 is 1.20 bits per heavy atom. The first-order valence-corrected chi connectivity index (χ1v) is 9.23. The quantitative estimate of drug-likeness (QED) is 0.837. The van der Waals surface area contributed by atoms with Crippen molar-refractivity contribution in [3.05, 3.63) is 29.2 Å². The average Bonchev–Trinajstić information content (AvgIpc) is 3.20. The molecule has 2 aliphatic rings. The maximum absolute atomic E-state index is 12.6. The number of fused-ring (bicyclic) bond motifs is 1. The molecule has 1 spiro atoms. The number of amides is 1. The summed E-state index contributed by atoms with van der Waals surface area (Å²) in [6.45, 7) is 6.57. The van der Waals surface area contributed by atoms with Crippen LogP contribution in [0.5, 0.6) is 0 Å². The second-order valence-corrected chi connectivity index (χ2v) is 7.39. The molecular formula is C18H25N5O2. The number of hydrogen-bond acceptors (Lipinski definition) is 5. The first-order chi connectivity index (χ1) is 12.1. The first kappa shape index (κ1) is 16.3. The van der Waals surface area contributed by atoms with E-state index in [4.69, 9.17) is 4.52 Å². The SMILES string of the molecule is CCc1nnc2n1CCC1(CC2)CCN(C(=O)c2conc2C)CC1. The van der Waals surface area contributed by atoms with Crippen LogP contribution in [-0.2, 0) is 19.4 Å². The van der Waals surface area contributed by atoms with Crippen LogP contribution in [0.4, 0.5) is 0 Å². The van der Waals surface area contributed by atoms with E-state index in [-0.39, 0.29) is 5.91 Å². The predicted molar refractivity (Wildman–Crippen MR) is 91.1 cm³/mol. The van der Waals surface area contributed by atoms with Gasteiger partial charge in [-0.05, 0) is 38.0 Å².